The van der Waals surface area contributed by atoms with Crippen molar-refractivity contribution in [3.63, 3.8) is 0 Å². The predicted octanol–water partition coefficient (Wildman–Crippen LogP) is 1.92. The second kappa shape index (κ2) is 4.32. The first-order valence-electron chi connectivity index (χ1n) is 3.81. The van der Waals surface area contributed by atoms with E-state index in [4.69, 9.17) is 5.73 Å². The molecule has 0 aliphatic carbocycles. The normalized spacial score (nSPS) is 9.93. The lowest BCUT2D eigenvalue weighted by Crippen LogP contribution is -2.06. The molecule has 0 bridgehead atoms. The number of thioether (sulfide) groups is 1. The third-order valence-corrected chi connectivity index (χ3v) is 2.52. The molecule has 3 nitrogen and oxygen atoms in total. The average molecular weight is 215 g/mol. The molecule has 0 aromatic heterocycles. The SMILES string of the molecule is COC(=O)c1cc(N)c(SC)cc1F. The molecular formula is C9H10FNO2S. The molecule has 0 saturated heterocycles. The van der Waals surface area contributed by atoms with Crippen LogP contribution < -0.4 is 5.73 Å². The molecule has 14 heavy (non-hydrogen) atoms. The van der Waals surface area contributed by atoms with E-state index in [1.165, 1.54) is 31.0 Å². The van der Waals surface area contributed by atoms with Crippen molar-refractivity contribution >= 4 is 23.4 Å². The van der Waals surface area contributed by atoms with Crippen LogP contribution in [0, 0.1) is 5.82 Å². The van der Waals surface area contributed by atoms with Crippen molar-refractivity contribution in [3.8, 4) is 0 Å². The number of hydrogen-bond donors (Lipinski definition) is 1. The molecule has 0 heterocycles. The summed E-state index contributed by atoms with van der Waals surface area (Å²) in [6, 6.07) is 2.51. The lowest BCUT2D eigenvalue weighted by Gasteiger charge is -2.06. The van der Waals surface area contributed by atoms with E-state index in [1.807, 2.05) is 0 Å². The van der Waals surface area contributed by atoms with Crippen LogP contribution in [-0.4, -0.2) is 19.3 Å². The highest BCUT2D eigenvalue weighted by Gasteiger charge is 2.14. The lowest BCUT2D eigenvalue weighted by atomic mass is 10.2. The van der Waals surface area contributed by atoms with E-state index >= 15 is 0 Å². The summed E-state index contributed by atoms with van der Waals surface area (Å²) < 4.78 is 17.7. The van der Waals surface area contributed by atoms with Crippen LogP contribution in [0.3, 0.4) is 0 Å². The van der Waals surface area contributed by atoms with Gasteiger partial charge in [-0.05, 0) is 18.4 Å². The number of anilines is 1. The van der Waals surface area contributed by atoms with E-state index in [-0.39, 0.29) is 5.56 Å². The number of methoxy groups -OCH3 is 1. The molecule has 0 spiro atoms. The first kappa shape index (κ1) is 10.8. The Morgan fingerprint density at radius 1 is 1.57 bits per heavy atom. The lowest BCUT2D eigenvalue weighted by molar-refractivity contribution is 0.0595. The van der Waals surface area contributed by atoms with Crippen LogP contribution >= 0.6 is 11.8 Å². The molecule has 0 radical (unpaired) electrons. The van der Waals surface area contributed by atoms with Gasteiger partial charge in [0.2, 0.25) is 0 Å². The summed E-state index contributed by atoms with van der Waals surface area (Å²) >= 11 is 1.32. The van der Waals surface area contributed by atoms with Gasteiger partial charge < -0.3 is 10.5 Å². The van der Waals surface area contributed by atoms with Crippen molar-refractivity contribution in [2.45, 2.75) is 4.90 Å². The molecule has 0 amide bonds. The van der Waals surface area contributed by atoms with Crippen molar-refractivity contribution < 1.29 is 13.9 Å². The number of ether oxygens (including phenoxy) is 1. The molecule has 0 unspecified atom stereocenters. The van der Waals surface area contributed by atoms with Gasteiger partial charge in [-0.2, -0.15) is 0 Å². The molecule has 0 atom stereocenters. The Balaban J connectivity index is 3.21. The van der Waals surface area contributed by atoms with Crippen LogP contribution in [0.25, 0.3) is 0 Å². The minimum Gasteiger partial charge on any atom is -0.465 e. The summed E-state index contributed by atoms with van der Waals surface area (Å²) in [6.07, 6.45) is 1.78. The highest BCUT2D eigenvalue weighted by atomic mass is 32.2. The Kier molecular flexibility index (Phi) is 3.35. The van der Waals surface area contributed by atoms with Gasteiger partial charge in [-0.3, -0.25) is 0 Å². The largest absolute Gasteiger partial charge is 0.465 e. The highest BCUT2D eigenvalue weighted by Crippen LogP contribution is 2.26. The topological polar surface area (TPSA) is 52.3 Å². The molecule has 76 valence electrons. The van der Waals surface area contributed by atoms with Crippen LogP contribution in [-0.2, 0) is 4.74 Å². The van der Waals surface area contributed by atoms with Gasteiger partial charge in [0.1, 0.15) is 5.82 Å². The van der Waals surface area contributed by atoms with E-state index in [1.54, 1.807) is 6.26 Å². The van der Waals surface area contributed by atoms with Crippen LogP contribution in [0.4, 0.5) is 10.1 Å². The average Bonchev–Trinajstić information content (AvgIpc) is 2.19. The fraction of sp³-hybridized carbons (Fsp3) is 0.222. The summed E-state index contributed by atoms with van der Waals surface area (Å²) in [5, 5.41) is 0. The van der Waals surface area contributed by atoms with E-state index in [0.29, 0.717) is 10.6 Å². The fourth-order valence-corrected chi connectivity index (χ4v) is 1.53. The van der Waals surface area contributed by atoms with Gasteiger partial charge in [-0.25, -0.2) is 9.18 Å². The zero-order valence-corrected chi connectivity index (χ0v) is 8.65. The van der Waals surface area contributed by atoms with Crippen LogP contribution in [0.2, 0.25) is 0 Å². The van der Waals surface area contributed by atoms with Crippen molar-refractivity contribution in [1.29, 1.82) is 0 Å². The molecule has 1 rings (SSSR count). The number of nitrogen functional groups attached to an aromatic ring is 1. The number of rotatable bonds is 2. The molecule has 0 aliphatic heterocycles. The number of halogens is 1. The molecule has 0 aliphatic rings. The van der Waals surface area contributed by atoms with E-state index in [0.717, 1.165) is 0 Å². The summed E-state index contributed by atoms with van der Waals surface area (Å²) in [5.74, 6) is -1.34. The van der Waals surface area contributed by atoms with Crippen LogP contribution in [0.5, 0.6) is 0 Å². The highest BCUT2D eigenvalue weighted by molar-refractivity contribution is 7.98. The third kappa shape index (κ3) is 1.98. The maximum atomic E-state index is 13.3. The summed E-state index contributed by atoms with van der Waals surface area (Å²) in [7, 11) is 1.19. The van der Waals surface area contributed by atoms with Gasteiger partial charge in [0.15, 0.2) is 0 Å². The molecule has 1 aromatic carbocycles. The van der Waals surface area contributed by atoms with Gasteiger partial charge in [-0.15, -0.1) is 11.8 Å². The third-order valence-electron chi connectivity index (χ3n) is 1.72. The number of esters is 1. The Morgan fingerprint density at radius 2 is 2.21 bits per heavy atom. The van der Waals surface area contributed by atoms with E-state index < -0.39 is 11.8 Å². The zero-order valence-electron chi connectivity index (χ0n) is 7.83. The standard InChI is InChI=1S/C9H10FNO2S/c1-13-9(12)5-3-7(11)8(14-2)4-6(5)10/h3-4H,11H2,1-2H3. The maximum absolute atomic E-state index is 13.3. The molecule has 5 heteroatoms. The number of carbonyl (C=O) groups is 1. The molecule has 0 fully saturated rings. The second-order valence-corrected chi connectivity index (χ2v) is 3.41. The van der Waals surface area contributed by atoms with Crippen molar-refractivity contribution in [1.82, 2.24) is 0 Å². The van der Waals surface area contributed by atoms with Crippen LogP contribution in [0.1, 0.15) is 10.4 Å². The molecular weight excluding hydrogens is 205 g/mol. The quantitative estimate of drug-likeness (QED) is 0.465. The number of benzene rings is 1. The monoisotopic (exact) mass is 215 g/mol. The van der Waals surface area contributed by atoms with Crippen molar-refractivity contribution in [3.05, 3.63) is 23.5 Å². The number of hydrogen-bond acceptors (Lipinski definition) is 4. The van der Waals surface area contributed by atoms with E-state index in [2.05, 4.69) is 4.74 Å². The zero-order chi connectivity index (χ0) is 10.7. The van der Waals surface area contributed by atoms with Crippen molar-refractivity contribution in [2.24, 2.45) is 0 Å². The maximum Gasteiger partial charge on any atom is 0.340 e. The molecule has 1 aromatic rings. The van der Waals surface area contributed by atoms with Gasteiger partial charge >= 0.3 is 5.97 Å². The molecule has 2 N–H and O–H groups in total. The summed E-state index contributed by atoms with van der Waals surface area (Å²) in [4.78, 5) is 11.7. The smallest absolute Gasteiger partial charge is 0.340 e. The second-order valence-electron chi connectivity index (χ2n) is 2.57. The Labute approximate surface area is 85.4 Å². The Hall–Kier alpha value is -1.23. The summed E-state index contributed by atoms with van der Waals surface area (Å²) in [6.45, 7) is 0. The minimum atomic E-state index is -0.721. The number of carbonyl (C=O) groups excluding carboxylic acids is 1. The van der Waals surface area contributed by atoms with Crippen molar-refractivity contribution in [2.75, 3.05) is 19.1 Å². The van der Waals surface area contributed by atoms with E-state index in [9.17, 15) is 9.18 Å². The van der Waals surface area contributed by atoms with Crippen LogP contribution in [0.15, 0.2) is 17.0 Å². The first-order valence-corrected chi connectivity index (χ1v) is 5.04. The van der Waals surface area contributed by atoms with Gasteiger partial charge in [0, 0.05) is 10.6 Å². The first-order chi connectivity index (χ1) is 6.60. The van der Waals surface area contributed by atoms with Gasteiger partial charge in [-0.1, -0.05) is 0 Å². The van der Waals surface area contributed by atoms with Gasteiger partial charge in [0.05, 0.1) is 12.7 Å². The minimum absolute atomic E-state index is 0.136. The fourth-order valence-electron chi connectivity index (χ4n) is 1.01. The molecule has 0 saturated carbocycles. The number of nitrogens with two attached hydrogens (primary N) is 1. The Bertz CT molecular complexity index is 368. The Morgan fingerprint density at radius 3 is 2.71 bits per heavy atom. The summed E-state index contributed by atoms with van der Waals surface area (Å²) in [5.41, 5.74) is 5.84. The predicted molar refractivity (Wildman–Crippen MR) is 53.9 cm³/mol. The van der Waals surface area contributed by atoms with Gasteiger partial charge in [0.25, 0.3) is 0 Å².